The fourth-order valence-corrected chi connectivity index (χ4v) is 3.86. The van der Waals surface area contributed by atoms with Crippen molar-refractivity contribution in [2.75, 3.05) is 13.2 Å². The van der Waals surface area contributed by atoms with Crippen LogP contribution in [0.1, 0.15) is 70.3 Å². The number of furan rings is 1. The van der Waals surface area contributed by atoms with Gasteiger partial charge in [-0.1, -0.05) is 52.0 Å². The molecule has 0 N–H and O–H groups in total. The summed E-state index contributed by atoms with van der Waals surface area (Å²) in [5.41, 5.74) is 3.56. The molecule has 188 valence electrons. The van der Waals surface area contributed by atoms with E-state index in [-0.39, 0.29) is 29.8 Å². The van der Waals surface area contributed by atoms with Crippen LogP contribution in [-0.4, -0.2) is 25.6 Å². The molecule has 1 heterocycles. The lowest BCUT2D eigenvalue weighted by Crippen LogP contribution is -2.10. The van der Waals surface area contributed by atoms with E-state index in [2.05, 4.69) is 13.8 Å². The van der Waals surface area contributed by atoms with Gasteiger partial charge < -0.3 is 13.9 Å². The Kier molecular flexibility index (Phi) is 8.30. The van der Waals surface area contributed by atoms with Crippen LogP contribution in [-0.2, 0) is 9.53 Å². The van der Waals surface area contributed by atoms with E-state index in [1.54, 1.807) is 19.1 Å². The van der Waals surface area contributed by atoms with Crippen LogP contribution in [0.25, 0.3) is 27.7 Å². The molecule has 7 heteroatoms. The first-order chi connectivity index (χ1) is 16.5. The van der Waals surface area contributed by atoms with E-state index in [0.29, 0.717) is 27.8 Å². The van der Waals surface area contributed by atoms with Gasteiger partial charge in [0.15, 0.2) is 0 Å². The lowest BCUT2D eigenvalue weighted by Gasteiger charge is -2.21. The number of alkyl halides is 2. The molecule has 0 unspecified atom stereocenters. The molecule has 0 fully saturated rings. The zero-order valence-corrected chi connectivity index (χ0v) is 20.9. The topological polar surface area (TPSA) is 48.7 Å². The monoisotopic (exact) mass is 488 g/mol. The molecule has 0 saturated heterocycles. The molecule has 2 aromatic carbocycles. The van der Waals surface area contributed by atoms with E-state index < -0.39 is 24.8 Å². The fourth-order valence-electron chi connectivity index (χ4n) is 3.86. The quantitative estimate of drug-likeness (QED) is 0.225. The molecule has 0 spiro atoms. The molecule has 0 amide bonds. The van der Waals surface area contributed by atoms with Crippen LogP contribution < -0.4 is 4.74 Å². The van der Waals surface area contributed by atoms with Gasteiger partial charge in [0.1, 0.15) is 23.7 Å². The molecule has 1 aromatic heterocycles. The first-order valence-electron chi connectivity index (χ1n) is 11.7. The van der Waals surface area contributed by atoms with Crippen molar-refractivity contribution in [1.29, 1.82) is 0 Å². The Hall–Kier alpha value is -3.22. The Labute approximate surface area is 203 Å². The minimum absolute atomic E-state index is 0.0126. The highest BCUT2D eigenvalue weighted by molar-refractivity contribution is 5.99. The Morgan fingerprint density at radius 2 is 1.74 bits per heavy atom. The molecule has 0 saturated carbocycles. The smallest absolute Gasteiger partial charge is 0.367 e. The highest BCUT2D eigenvalue weighted by Gasteiger charge is 2.23. The van der Waals surface area contributed by atoms with Crippen molar-refractivity contribution in [2.24, 2.45) is 0 Å². The second-order valence-electron chi connectivity index (χ2n) is 8.99. The number of fused-ring (bicyclic) bond motifs is 1. The summed E-state index contributed by atoms with van der Waals surface area (Å²) < 4.78 is 57.3. The van der Waals surface area contributed by atoms with Crippen LogP contribution in [0.5, 0.6) is 5.75 Å². The molecule has 3 rings (SSSR count). The van der Waals surface area contributed by atoms with Gasteiger partial charge in [-0.2, -0.15) is 4.39 Å². The average molecular weight is 489 g/mol. The Balaban J connectivity index is 2.26. The molecule has 0 aliphatic rings. The number of allylic oxidation sites excluding steroid dienone is 1. The zero-order valence-electron chi connectivity index (χ0n) is 20.9. The molecule has 0 aliphatic carbocycles. The van der Waals surface area contributed by atoms with Crippen molar-refractivity contribution < 1.29 is 31.9 Å². The second kappa shape index (κ2) is 11.0. The van der Waals surface area contributed by atoms with Gasteiger partial charge in [-0.25, -0.2) is 13.6 Å². The number of ether oxygens (including phenoxy) is 2. The zero-order chi connectivity index (χ0) is 25.9. The number of benzene rings is 2. The van der Waals surface area contributed by atoms with E-state index in [1.165, 1.54) is 6.92 Å². The number of carbonyl (C=O) groups is 1. The summed E-state index contributed by atoms with van der Waals surface area (Å²) in [7, 11) is 0. The maximum atomic E-state index is 14.6. The summed E-state index contributed by atoms with van der Waals surface area (Å²) in [6.45, 7) is 10.4. The van der Waals surface area contributed by atoms with Gasteiger partial charge in [0.05, 0.1) is 6.61 Å². The average Bonchev–Trinajstić information content (AvgIpc) is 3.25. The van der Waals surface area contributed by atoms with Crippen molar-refractivity contribution in [3.8, 4) is 16.9 Å². The van der Waals surface area contributed by atoms with Crippen LogP contribution in [0.2, 0.25) is 0 Å². The third kappa shape index (κ3) is 5.72. The second-order valence-corrected chi connectivity index (χ2v) is 8.99. The summed E-state index contributed by atoms with van der Waals surface area (Å²) in [5.74, 6) is -1.32. The third-order valence-electron chi connectivity index (χ3n) is 5.77. The molecular formula is C28H31F3O4. The SMILES string of the molecule is CCOC(=O)C(F)=C(C)c1cc2cccc(-c3cc(C(C)C)cc(C(C)C)c3OCC(F)F)c2o1. The number of rotatable bonds is 9. The predicted molar refractivity (Wildman–Crippen MR) is 132 cm³/mol. The molecule has 0 radical (unpaired) electrons. The standard InChI is InChI=1S/C28H31F3O4/c1-7-33-28(32)25(31)17(6)23-13-18-9-8-10-20(26(18)35-23)22-12-19(15(2)3)11-21(16(4)5)27(22)34-14-24(29)30/h8-13,15-16,24H,7,14H2,1-6H3. The number of halogens is 3. The number of carbonyl (C=O) groups excluding carboxylic acids is 1. The van der Waals surface area contributed by atoms with E-state index in [1.807, 2.05) is 38.1 Å². The number of para-hydroxylation sites is 1. The van der Waals surface area contributed by atoms with Gasteiger partial charge in [-0.3, -0.25) is 0 Å². The van der Waals surface area contributed by atoms with Crippen molar-refractivity contribution in [3.05, 3.63) is 59.1 Å². The lowest BCUT2D eigenvalue weighted by molar-refractivity contribution is -0.140. The first kappa shape index (κ1) is 26.4. The highest BCUT2D eigenvalue weighted by Crippen LogP contribution is 2.43. The highest BCUT2D eigenvalue weighted by atomic mass is 19.3. The van der Waals surface area contributed by atoms with Gasteiger partial charge in [-0.15, -0.1) is 0 Å². The van der Waals surface area contributed by atoms with E-state index in [4.69, 9.17) is 13.9 Å². The maximum absolute atomic E-state index is 14.6. The summed E-state index contributed by atoms with van der Waals surface area (Å²) in [6.07, 6.45) is -2.63. The lowest BCUT2D eigenvalue weighted by atomic mass is 9.89. The molecular weight excluding hydrogens is 457 g/mol. The van der Waals surface area contributed by atoms with Gasteiger partial charge in [-0.05, 0) is 48.9 Å². The van der Waals surface area contributed by atoms with Gasteiger partial charge in [0, 0.05) is 22.1 Å². The summed E-state index contributed by atoms with van der Waals surface area (Å²) in [6, 6.07) is 11.0. The van der Waals surface area contributed by atoms with Gasteiger partial charge >= 0.3 is 5.97 Å². The molecule has 0 atom stereocenters. The van der Waals surface area contributed by atoms with Crippen molar-refractivity contribution in [3.63, 3.8) is 0 Å². The maximum Gasteiger partial charge on any atom is 0.367 e. The molecule has 0 bridgehead atoms. The Morgan fingerprint density at radius 1 is 1.03 bits per heavy atom. The fraction of sp³-hybridized carbons (Fsp3) is 0.393. The normalized spacial score (nSPS) is 12.6. The number of hydrogen-bond donors (Lipinski definition) is 0. The number of esters is 1. The minimum Gasteiger partial charge on any atom is -0.487 e. The van der Waals surface area contributed by atoms with Gasteiger partial charge in [0.2, 0.25) is 5.83 Å². The Morgan fingerprint density at radius 3 is 2.34 bits per heavy atom. The number of hydrogen-bond acceptors (Lipinski definition) is 4. The molecule has 3 aromatic rings. The summed E-state index contributed by atoms with van der Waals surface area (Å²) in [5, 5.41) is 0.675. The van der Waals surface area contributed by atoms with Crippen LogP contribution in [0.4, 0.5) is 13.2 Å². The van der Waals surface area contributed by atoms with Crippen LogP contribution in [0, 0.1) is 0 Å². The van der Waals surface area contributed by atoms with Crippen LogP contribution in [0.15, 0.2) is 46.6 Å². The largest absolute Gasteiger partial charge is 0.487 e. The molecule has 35 heavy (non-hydrogen) atoms. The summed E-state index contributed by atoms with van der Waals surface area (Å²) in [4.78, 5) is 11.9. The van der Waals surface area contributed by atoms with Crippen molar-refractivity contribution >= 4 is 22.5 Å². The van der Waals surface area contributed by atoms with E-state index in [9.17, 15) is 18.0 Å². The molecule has 0 aliphatic heterocycles. The van der Waals surface area contributed by atoms with Crippen LogP contribution in [0.3, 0.4) is 0 Å². The van der Waals surface area contributed by atoms with Crippen LogP contribution >= 0.6 is 0 Å². The van der Waals surface area contributed by atoms with Crippen molar-refractivity contribution in [1.82, 2.24) is 0 Å². The molecule has 4 nitrogen and oxygen atoms in total. The minimum atomic E-state index is -2.63. The first-order valence-corrected chi connectivity index (χ1v) is 11.7. The van der Waals surface area contributed by atoms with Crippen molar-refractivity contribution in [2.45, 2.75) is 59.8 Å². The van der Waals surface area contributed by atoms with E-state index in [0.717, 1.165) is 11.1 Å². The predicted octanol–water partition coefficient (Wildman–Crippen LogP) is 8.25. The van der Waals surface area contributed by atoms with E-state index >= 15 is 0 Å². The third-order valence-corrected chi connectivity index (χ3v) is 5.77. The Bertz CT molecular complexity index is 1240. The van der Waals surface area contributed by atoms with Gasteiger partial charge in [0.25, 0.3) is 6.43 Å². The summed E-state index contributed by atoms with van der Waals surface area (Å²) >= 11 is 0.